The first-order chi connectivity index (χ1) is 10.5. The summed E-state index contributed by atoms with van der Waals surface area (Å²) >= 11 is 0. The van der Waals surface area contributed by atoms with Crippen molar-refractivity contribution in [3.63, 3.8) is 0 Å². The monoisotopic (exact) mass is 374 g/mol. The maximum Gasteiger partial charge on any atom is 0.192 e. The van der Waals surface area contributed by atoms with Crippen LogP contribution in [0.15, 0.2) is 0 Å². The Labute approximate surface area is 150 Å². The number of hydrogen-bond donors (Lipinski definition) is 1. The highest BCUT2D eigenvalue weighted by Crippen LogP contribution is 2.42. The van der Waals surface area contributed by atoms with Crippen LogP contribution in [0.1, 0.15) is 54.4 Å². The number of aliphatic hydroxyl groups is 1. The molecule has 0 saturated heterocycles. The number of carbonyl (C=O) groups excluding carboxylic acids is 1. The molecule has 3 atom stereocenters. The highest BCUT2D eigenvalue weighted by molar-refractivity contribution is 6.74. The fourth-order valence-electron chi connectivity index (χ4n) is 2.36. The van der Waals surface area contributed by atoms with Gasteiger partial charge in [-0.25, -0.2) is 0 Å². The summed E-state index contributed by atoms with van der Waals surface area (Å²) in [5, 5.41) is 10.7. The van der Waals surface area contributed by atoms with Crippen molar-refractivity contribution >= 4 is 22.4 Å². The first kappa shape index (κ1) is 22.0. The Kier molecular flexibility index (Phi) is 6.38. The summed E-state index contributed by atoms with van der Waals surface area (Å²) in [7, 11) is -4.10. The van der Waals surface area contributed by atoms with Gasteiger partial charge in [-0.05, 0) is 36.3 Å². The second-order valence-corrected chi connectivity index (χ2v) is 19.8. The Balaban J connectivity index is 3.07. The molecule has 0 heterocycles. The summed E-state index contributed by atoms with van der Waals surface area (Å²) in [6.07, 6.45) is -0.983. The van der Waals surface area contributed by atoms with E-state index < -0.39 is 28.8 Å². The van der Waals surface area contributed by atoms with Crippen molar-refractivity contribution in [2.45, 2.75) is 109 Å². The Hall–Kier alpha value is -0.0162. The van der Waals surface area contributed by atoms with E-state index in [1.54, 1.807) is 0 Å². The minimum Gasteiger partial charge on any atom is -0.411 e. The van der Waals surface area contributed by atoms with E-state index in [1.807, 2.05) is 0 Å². The molecule has 1 rings (SSSR count). The van der Waals surface area contributed by atoms with Gasteiger partial charge in [0.05, 0.1) is 18.3 Å². The van der Waals surface area contributed by atoms with Gasteiger partial charge >= 0.3 is 0 Å². The van der Waals surface area contributed by atoms with Crippen molar-refractivity contribution in [1.29, 1.82) is 0 Å². The van der Waals surface area contributed by atoms with Crippen molar-refractivity contribution in [3.05, 3.63) is 0 Å². The van der Waals surface area contributed by atoms with Gasteiger partial charge in [0.15, 0.2) is 16.6 Å². The number of rotatable bonds is 4. The molecule has 24 heavy (non-hydrogen) atoms. The van der Waals surface area contributed by atoms with Crippen LogP contribution in [0.25, 0.3) is 0 Å². The van der Waals surface area contributed by atoms with Gasteiger partial charge in [-0.1, -0.05) is 41.5 Å². The molecule has 0 spiro atoms. The molecular formula is C18H38O4Si2. The zero-order valence-corrected chi connectivity index (χ0v) is 19.3. The van der Waals surface area contributed by atoms with E-state index in [2.05, 4.69) is 67.7 Å². The molecule has 0 aromatic heterocycles. The summed E-state index contributed by atoms with van der Waals surface area (Å²) in [6, 6.07) is 0. The topological polar surface area (TPSA) is 55.8 Å². The average Bonchev–Trinajstić information content (AvgIpc) is 2.30. The van der Waals surface area contributed by atoms with Gasteiger partial charge in [0, 0.05) is 12.8 Å². The minimum atomic E-state index is -2.06. The van der Waals surface area contributed by atoms with E-state index in [0.717, 1.165) is 0 Å². The van der Waals surface area contributed by atoms with Gasteiger partial charge in [0.1, 0.15) is 5.78 Å². The Morgan fingerprint density at radius 3 is 1.71 bits per heavy atom. The van der Waals surface area contributed by atoms with Crippen molar-refractivity contribution in [3.8, 4) is 0 Å². The minimum absolute atomic E-state index is 0.0513. The molecule has 0 radical (unpaired) electrons. The van der Waals surface area contributed by atoms with E-state index in [4.69, 9.17) is 8.85 Å². The van der Waals surface area contributed by atoms with E-state index in [1.165, 1.54) is 0 Å². The van der Waals surface area contributed by atoms with E-state index in [-0.39, 0.29) is 28.4 Å². The van der Waals surface area contributed by atoms with Crippen LogP contribution in [-0.2, 0) is 13.6 Å². The maximum atomic E-state index is 12.1. The summed E-state index contributed by atoms with van der Waals surface area (Å²) < 4.78 is 13.0. The number of aliphatic hydroxyl groups excluding tert-OH is 1. The normalized spacial score (nSPS) is 27.5. The summed E-state index contributed by atoms with van der Waals surface area (Å²) in [5.74, 6) is 0.0706. The lowest BCUT2D eigenvalue weighted by atomic mass is 9.91. The van der Waals surface area contributed by atoms with Crippen molar-refractivity contribution < 1.29 is 18.8 Å². The van der Waals surface area contributed by atoms with Crippen LogP contribution in [0, 0.1) is 0 Å². The highest BCUT2D eigenvalue weighted by atomic mass is 28.4. The zero-order valence-electron chi connectivity index (χ0n) is 17.3. The average molecular weight is 375 g/mol. The SMILES string of the molecule is CC(C)(C)[Si](C)(C)O[C@H]1[C@H](O)CC(=O)C[C@H]1O[Si](C)(C)C(C)(C)C. The molecule has 142 valence electrons. The molecule has 0 aromatic rings. The van der Waals surface area contributed by atoms with E-state index in [9.17, 15) is 9.90 Å². The molecule has 0 amide bonds. The molecule has 0 unspecified atom stereocenters. The van der Waals surface area contributed by atoms with Gasteiger partial charge in [-0.15, -0.1) is 0 Å². The van der Waals surface area contributed by atoms with Crippen LogP contribution in [0.3, 0.4) is 0 Å². The zero-order chi connectivity index (χ0) is 19.1. The van der Waals surface area contributed by atoms with Gasteiger partial charge in [-0.2, -0.15) is 0 Å². The number of hydrogen-bond acceptors (Lipinski definition) is 4. The Bertz CT molecular complexity index is 461. The third-order valence-corrected chi connectivity index (χ3v) is 15.1. The molecule has 1 N–H and O–H groups in total. The molecule has 0 bridgehead atoms. The fourth-order valence-corrected chi connectivity index (χ4v) is 5.03. The summed E-state index contributed by atoms with van der Waals surface area (Å²) in [4.78, 5) is 12.1. The Morgan fingerprint density at radius 2 is 1.29 bits per heavy atom. The second kappa shape index (κ2) is 6.95. The second-order valence-electron chi connectivity index (χ2n) is 10.3. The molecule has 0 aliphatic heterocycles. The third-order valence-electron chi connectivity index (χ3n) is 6.10. The van der Waals surface area contributed by atoms with Gasteiger partial charge in [0.25, 0.3) is 0 Å². The molecule has 1 saturated carbocycles. The predicted molar refractivity (Wildman–Crippen MR) is 104 cm³/mol. The molecule has 4 nitrogen and oxygen atoms in total. The van der Waals surface area contributed by atoms with Crippen molar-refractivity contribution in [1.82, 2.24) is 0 Å². The van der Waals surface area contributed by atoms with Gasteiger partial charge in [-0.3, -0.25) is 4.79 Å². The molecular weight excluding hydrogens is 336 g/mol. The quantitative estimate of drug-likeness (QED) is 0.737. The van der Waals surface area contributed by atoms with Crippen molar-refractivity contribution in [2.24, 2.45) is 0 Å². The molecule has 1 aliphatic rings. The third kappa shape index (κ3) is 5.00. The number of ketones is 1. The smallest absolute Gasteiger partial charge is 0.192 e. The summed E-state index contributed by atoms with van der Waals surface area (Å²) in [5.41, 5.74) is 0. The molecule has 0 aromatic carbocycles. The van der Waals surface area contributed by atoms with Gasteiger partial charge in [0.2, 0.25) is 0 Å². The first-order valence-electron chi connectivity index (χ1n) is 9.03. The lowest BCUT2D eigenvalue weighted by Gasteiger charge is -2.47. The van der Waals surface area contributed by atoms with E-state index in [0.29, 0.717) is 6.42 Å². The van der Waals surface area contributed by atoms with Gasteiger partial charge < -0.3 is 14.0 Å². The van der Waals surface area contributed by atoms with E-state index >= 15 is 0 Å². The van der Waals surface area contributed by atoms with Crippen LogP contribution in [-0.4, -0.2) is 45.8 Å². The van der Waals surface area contributed by atoms with Crippen LogP contribution >= 0.6 is 0 Å². The molecule has 1 fully saturated rings. The van der Waals surface area contributed by atoms with Crippen LogP contribution in [0.4, 0.5) is 0 Å². The number of carbonyl (C=O) groups is 1. The Morgan fingerprint density at radius 1 is 0.875 bits per heavy atom. The number of Topliss-reactive ketones (excluding diaryl/α,β-unsaturated/α-hetero) is 1. The fraction of sp³-hybridized carbons (Fsp3) is 0.944. The largest absolute Gasteiger partial charge is 0.411 e. The first-order valence-corrected chi connectivity index (χ1v) is 14.8. The van der Waals surface area contributed by atoms with Crippen LogP contribution < -0.4 is 0 Å². The molecule has 1 aliphatic carbocycles. The maximum absolute atomic E-state index is 12.1. The molecule has 6 heteroatoms. The predicted octanol–water partition coefficient (Wildman–Crippen LogP) is 4.49. The highest BCUT2D eigenvalue weighted by Gasteiger charge is 2.48. The van der Waals surface area contributed by atoms with Crippen molar-refractivity contribution in [2.75, 3.05) is 0 Å². The summed E-state index contributed by atoms with van der Waals surface area (Å²) in [6.45, 7) is 21.8. The lowest BCUT2D eigenvalue weighted by Crippen LogP contribution is -2.58. The lowest BCUT2D eigenvalue weighted by molar-refractivity contribution is -0.136. The van der Waals surface area contributed by atoms with Crippen LogP contribution in [0.2, 0.25) is 36.3 Å². The standard InChI is InChI=1S/C18H38O4Si2/c1-17(2,3)23(7,8)21-15-12-13(19)11-14(20)16(15)22-24(9,10)18(4,5)6/h14-16,20H,11-12H2,1-10H3/t14-,15-,16+/m1/s1. The van der Waals surface area contributed by atoms with Crippen LogP contribution in [0.5, 0.6) is 0 Å².